The Balaban J connectivity index is 2.23. The maximum absolute atomic E-state index is 12.3. The Hall–Kier alpha value is -1.76. The van der Waals surface area contributed by atoms with E-state index in [2.05, 4.69) is 10.0 Å². The fourth-order valence-electron chi connectivity index (χ4n) is 1.82. The van der Waals surface area contributed by atoms with E-state index in [1.165, 1.54) is 12.1 Å². The second-order valence-corrected chi connectivity index (χ2v) is 6.63. The molecule has 0 fully saturated rings. The van der Waals surface area contributed by atoms with Crippen LogP contribution in [0.1, 0.15) is 5.56 Å². The lowest BCUT2D eigenvalue weighted by Gasteiger charge is -2.10. The molecule has 5 nitrogen and oxygen atoms in total. The number of anilines is 2. The maximum atomic E-state index is 12.3. The molecule has 0 bridgehead atoms. The van der Waals surface area contributed by atoms with E-state index in [1.54, 1.807) is 37.4 Å². The van der Waals surface area contributed by atoms with Gasteiger partial charge in [0.15, 0.2) is 0 Å². The summed E-state index contributed by atoms with van der Waals surface area (Å²) in [4.78, 5) is 0.110. The molecule has 7 heteroatoms. The second-order valence-electron chi connectivity index (χ2n) is 4.46. The molecule has 0 amide bonds. The van der Waals surface area contributed by atoms with Gasteiger partial charge in [0.25, 0.3) is 0 Å². The topological polar surface area (TPSA) is 84.2 Å². The molecule has 0 atom stereocenters. The molecule has 2 aromatic rings. The normalized spacial score (nSPS) is 11.3. The first kappa shape index (κ1) is 15.6. The van der Waals surface area contributed by atoms with Gasteiger partial charge in [0, 0.05) is 30.0 Å². The number of nitrogens with one attached hydrogen (secondary N) is 2. The predicted molar refractivity (Wildman–Crippen MR) is 85.9 cm³/mol. The lowest BCUT2D eigenvalue weighted by atomic mass is 10.2. The summed E-state index contributed by atoms with van der Waals surface area (Å²) in [5.74, 6) is 0. The lowest BCUT2D eigenvalue weighted by Crippen LogP contribution is -2.23. The van der Waals surface area contributed by atoms with Gasteiger partial charge in [-0.1, -0.05) is 29.8 Å². The van der Waals surface area contributed by atoms with Crippen molar-refractivity contribution >= 4 is 33.0 Å². The SMILES string of the molecule is CNc1cc(N)cc(S(=O)(=O)NCc2ccccc2Cl)c1. The zero-order chi connectivity index (χ0) is 15.5. The summed E-state index contributed by atoms with van der Waals surface area (Å²) in [6.07, 6.45) is 0. The van der Waals surface area contributed by atoms with Crippen molar-refractivity contribution in [1.29, 1.82) is 0 Å². The summed E-state index contributed by atoms with van der Waals surface area (Å²) in [6, 6.07) is 11.7. The Morgan fingerprint density at radius 3 is 2.57 bits per heavy atom. The number of nitrogens with two attached hydrogens (primary N) is 1. The number of hydrogen-bond acceptors (Lipinski definition) is 4. The first-order chi connectivity index (χ1) is 9.92. The summed E-state index contributed by atoms with van der Waals surface area (Å²) in [5, 5.41) is 3.39. The van der Waals surface area contributed by atoms with Gasteiger partial charge in [-0.2, -0.15) is 0 Å². The van der Waals surface area contributed by atoms with Crippen LogP contribution in [0.15, 0.2) is 47.4 Å². The van der Waals surface area contributed by atoms with Crippen LogP contribution in [0, 0.1) is 0 Å². The van der Waals surface area contributed by atoms with Crippen molar-refractivity contribution in [3.8, 4) is 0 Å². The summed E-state index contributed by atoms with van der Waals surface area (Å²) >= 11 is 6.01. The van der Waals surface area contributed by atoms with Crippen molar-refractivity contribution in [1.82, 2.24) is 4.72 Å². The smallest absolute Gasteiger partial charge is 0.241 e. The largest absolute Gasteiger partial charge is 0.399 e. The van der Waals surface area contributed by atoms with Crippen molar-refractivity contribution < 1.29 is 8.42 Å². The summed E-state index contributed by atoms with van der Waals surface area (Å²) in [5.41, 5.74) is 7.43. The molecule has 0 unspecified atom stereocenters. The van der Waals surface area contributed by atoms with Gasteiger partial charge in [0.2, 0.25) is 10.0 Å². The minimum atomic E-state index is -3.66. The highest BCUT2D eigenvalue weighted by Gasteiger charge is 2.15. The Kier molecular flexibility index (Phi) is 4.72. The average molecular weight is 326 g/mol. The maximum Gasteiger partial charge on any atom is 0.241 e. The number of nitrogen functional groups attached to an aromatic ring is 1. The van der Waals surface area contributed by atoms with E-state index in [-0.39, 0.29) is 11.4 Å². The van der Waals surface area contributed by atoms with Crippen LogP contribution in [-0.4, -0.2) is 15.5 Å². The minimum Gasteiger partial charge on any atom is -0.399 e. The molecule has 0 aliphatic heterocycles. The van der Waals surface area contributed by atoms with E-state index in [4.69, 9.17) is 17.3 Å². The van der Waals surface area contributed by atoms with Gasteiger partial charge in [0.05, 0.1) is 4.90 Å². The Labute approximate surface area is 129 Å². The quantitative estimate of drug-likeness (QED) is 0.737. The molecule has 0 saturated carbocycles. The van der Waals surface area contributed by atoms with Crippen molar-refractivity contribution in [2.75, 3.05) is 18.1 Å². The minimum absolute atomic E-state index is 0.110. The fourth-order valence-corrected chi connectivity index (χ4v) is 3.11. The molecule has 0 aliphatic carbocycles. The lowest BCUT2D eigenvalue weighted by molar-refractivity contribution is 0.581. The van der Waals surface area contributed by atoms with Crippen LogP contribution < -0.4 is 15.8 Å². The van der Waals surface area contributed by atoms with Gasteiger partial charge < -0.3 is 11.1 Å². The first-order valence-electron chi connectivity index (χ1n) is 6.24. The summed E-state index contributed by atoms with van der Waals surface area (Å²) in [6.45, 7) is 0.117. The number of benzene rings is 2. The predicted octanol–water partition coefficient (Wildman–Crippen LogP) is 2.44. The molecular formula is C14H16ClN3O2S. The molecule has 21 heavy (non-hydrogen) atoms. The third kappa shape index (κ3) is 3.87. The van der Waals surface area contributed by atoms with Crippen LogP contribution in [0.3, 0.4) is 0 Å². The van der Waals surface area contributed by atoms with Crippen LogP contribution in [0.5, 0.6) is 0 Å². The molecule has 0 aliphatic rings. The highest BCUT2D eigenvalue weighted by Crippen LogP contribution is 2.21. The van der Waals surface area contributed by atoms with Gasteiger partial charge in [-0.3, -0.25) is 0 Å². The summed E-state index contributed by atoms with van der Waals surface area (Å²) in [7, 11) is -1.96. The Bertz CT molecular complexity index is 748. The highest BCUT2D eigenvalue weighted by atomic mass is 35.5. The molecule has 4 N–H and O–H groups in total. The third-order valence-electron chi connectivity index (χ3n) is 2.94. The van der Waals surface area contributed by atoms with E-state index < -0.39 is 10.0 Å². The fraction of sp³-hybridized carbons (Fsp3) is 0.143. The van der Waals surface area contributed by atoms with E-state index in [0.29, 0.717) is 22.0 Å². The van der Waals surface area contributed by atoms with E-state index in [1.807, 2.05) is 0 Å². The zero-order valence-electron chi connectivity index (χ0n) is 11.4. The molecule has 0 heterocycles. The van der Waals surface area contributed by atoms with Crippen LogP contribution in [0.2, 0.25) is 5.02 Å². The van der Waals surface area contributed by atoms with E-state index >= 15 is 0 Å². The van der Waals surface area contributed by atoms with Gasteiger partial charge in [-0.05, 0) is 29.8 Å². The van der Waals surface area contributed by atoms with Crippen LogP contribution in [-0.2, 0) is 16.6 Å². The molecule has 2 aromatic carbocycles. The average Bonchev–Trinajstić information content (AvgIpc) is 2.45. The molecule has 2 rings (SSSR count). The van der Waals surface area contributed by atoms with E-state index in [9.17, 15) is 8.42 Å². The number of hydrogen-bond donors (Lipinski definition) is 3. The van der Waals surface area contributed by atoms with Crippen molar-refractivity contribution in [3.05, 3.63) is 53.1 Å². The van der Waals surface area contributed by atoms with Crippen molar-refractivity contribution in [2.45, 2.75) is 11.4 Å². The number of sulfonamides is 1. The monoisotopic (exact) mass is 325 g/mol. The van der Waals surface area contributed by atoms with Crippen LogP contribution in [0.25, 0.3) is 0 Å². The van der Waals surface area contributed by atoms with Crippen LogP contribution in [0.4, 0.5) is 11.4 Å². The van der Waals surface area contributed by atoms with Crippen LogP contribution >= 0.6 is 11.6 Å². The van der Waals surface area contributed by atoms with Gasteiger partial charge in [0.1, 0.15) is 0 Å². The van der Waals surface area contributed by atoms with Gasteiger partial charge in [-0.15, -0.1) is 0 Å². The second kappa shape index (κ2) is 6.34. The molecule has 112 valence electrons. The number of halogens is 1. The standard InChI is InChI=1S/C14H16ClN3O2S/c1-17-12-6-11(16)7-13(8-12)21(19,20)18-9-10-4-2-3-5-14(10)15/h2-8,17-18H,9,16H2,1H3. The zero-order valence-corrected chi connectivity index (χ0v) is 13.0. The molecule has 0 saturated heterocycles. The third-order valence-corrected chi connectivity index (χ3v) is 4.69. The van der Waals surface area contributed by atoms with Gasteiger partial charge in [-0.25, -0.2) is 13.1 Å². The van der Waals surface area contributed by atoms with Crippen molar-refractivity contribution in [2.24, 2.45) is 0 Å². The molecular weight excluding hydrogens is 310 g/mol. The van der Waals surface area contributed by atoms with Crippen molar-refractivity contribution in [3.63, 3.8) is 0 Å². The molecule has 0 spiro atoms. The highest BCUT2D eigenvalue weighted by molar-refractivity contribution is 7.89. The Morgan fingerprint density at radius 2 is 1.90 bits per heavy atom. The summed E-state index contributed by atoms with van der Waals surface area (Å²) < 4.78 is 27.1. The Morgan fingerprint density at radius 1 is 1.19 bits per heavy atom. The molecule has 0 radical (unpaired) electrons. The number of rotatable bonds is 5. The van der Waals surface area contributed by atoms with Gasteiger partial charge >= 0.3 is 0 Å². The molecule has 0 aromatic heterocycles. The van der Waals surface area contributed by atoms with E-state index in [0.717, 1.165) is 0 Å². The first-order valence-corrected chi connectivity index (χ1v) is 8.10.